The molecule has 1 heterocycles. The Bertz CT molecular complexity index is 1190. The number of anilines is 2. The Hall–Kier alpha value is -2.61. The number of hydrogen-bond acceptors (Lipinski definition) is 2. The van der Waals surface area contributed by atoms with Crippen LogP contribution >= 0.6 is 34.8 Å². The van der Waals surface area contributed by atoms with E-state index in [0.29, 0.717) is 21.6 Å². The summed E-state index contributed by atoms with van der Waals surface area (Å²) < 4.78 is 40.1. The van der Waals surface area contributed by atoms with Crippen LogP contribution in [0.3, 0.4) is 0 Å². The highest BCUT2D eigenvalue weighted by Crippen LogP contribution is 2.38. The van der Waals surface area contributed by atoms with Crippen LogP contribution in [0.1, 0.15) is 17.2 Å². The Morgan fingerprint density at radius 2 is 1.59 bits per heavy atom. The van der Waals surface area contributed by atoms with Crippen molar-refractivity contribution in [1.29, 1.82) is 0 Å². The van der Waals surface area contributed by atoms with Gasteiger partial charge in [-0.1, -0.05) is 59.1 Å². The molecule has 0 bridgehead atoms. The zero-order valence-corrected chi connectivity index (χ0v) is 19.9. The summed E-state index contributed by atoms with van der Waals surface area (Å²) in [5.74, 6) is 0. The topological polar surface area (TPSA) is 35.6 Å². The molecule has 4 rings (SSSR count). The molecule has 1 atom stereocenters. The summed E-state index contributed by atoms with van der Waals surface area (Å²) in [5.41, 5.74) is 0.438. The highest BCUT2D eigenvalue weighted by atomic mass is 35.5. The van der Waals surface area contributed by atoms with Gasteiger partial charge in [0.1, 0.15) is 0 Å². The molecular weight excluding hydrogens is 510 g/mol. The first kappa shape index (κ1) is 24.5. The average Bonchev–Trinajstić information content (AvgIpc) is 2.79. The Morgan fingerprint density at radius 1 is 0.912 bits per heavy atom. The van der Waals surface area contributed by atoms with Crippen LogP contribution in [0.4, 0.5) is 29.3 Å². The number of nitrogens with one attached hydrogen (secondary N) is 1. The number of benzene rings is 3. The quantitative estimate of drug-likeness (QED) is 0.377. The van der Waals surface area contributed by atoms with Crippen molar-refractivity contribution in [3.63, 3.8) is 0 Å². The minimum Gasteiger partial charge on any atom is -0.360 e. The number of carbonyl (C=O) groups excluding carboxylic acids is 1. The minimum absolute atomic E-state index is 0.223. The van der Waals surface area contributed by atoms with E-state index in [1.807, 2.05) is 18.2 Å². The lowest BCUT2D eigenvalue weighted by molar-refractivity contribution is -0.136. The molecule has 3 aromatic carbocycles. The lowest BCUT2D eigenvalue weighted by Gasteiger charge is -2.43. The molecule has 0 radical (unpaired) electrons. The minimum atomic E-state index is -4.58. The number of amides is 2. The maximum Gasteiger partial charge on any atom is 0.418 e. The number of rotatable bonds is 3. The van der Waals surface area contributed by atoms with Gasteiger partial charge < -0.3 is 15.1 Å². The number of hydrogen-bond donors (Lipinski definition) is 1. The molecule has 34 heavy (non-hydrogen) atoms. The number of urea groups is 1. The lowest BCUT2D eigenvalue weighted by atomic mass is 10.0. The molecule has 10 heteroatoms. The third-order valence-electron chi connectivity index (χ3n) is 5.62. The van der Waals surface area contributed by atoms with Gasteiger partial charge in [-0.3, -0.25) is 0 Å². The van der Waals surface area contributed by atoms with E-state index in [0.717, 1.165) is 17.3 Å². The number of para-hydroxylation sites is 1. The molecule has 1 N–H and O–H groups in total. The molecule has 1 unspecified atom stereocenters. The van der Waals surface area contributed by atoms with Crippen molar-refractivity contribution in [1.82, 2.24) is 4.90 Å². The van der Waals surface area contributed by atoms with E-state index in [-0.39, 0.29) is 24.8 Å². The number of nitrogens with zero attached hydrogens (tertiary/aromatic N) is 2. The van der Waals surface area contributed by atoms with Crippen molar-refractivity contribution in [3.8, 4) is 0 Å². The van der Waals surface area contributed by atoms with Gasteiger partial charge >= 0.3 is 12.2 Å². The van der Waals surface area contributed by atoms with Gasteiger partial charge in [0, 0.05) is 29.7 Å². The Morgan fingerprint density at radius 3 is 2.26 bits per heavy atom. The number of piperazine rings is 1. The van der Waals surface area contributed by atoms with Gasteiger partial charge in [-0.05, 0) is 48.0 Å². The maximum atomic E-state index is 13.4. The summed E-state index contributed by atoms with van der Waals surface area (Å²) in [6, 6.07) is 16.4. The van der Waals surface area contributed by atoms with Crippen LogP contribution in [0, 0.1) is 0 Å². The predicted molar refractivity (Wildman–Crippen MR) is 130 cm³/mol. The third kappa shape index (κ3) is 5.37. The van der Waals surface area contributed by atoms with Crippen molar-refractivity contribution >= 4 is 52.2 Å². The van der Waals surface area contributed by atoms with Gasteiger partial charge in [-0.2, -0.15) is 13.2 Å². The lowest BCUT2D eigenvalue weighted by Crippen LogP contribution is -2.52. The molecular formula is C24H19Cl3F3N3O. The van der Waals surface area contributed by atoms with E-state index in [1.54, 1.807) is 24.3 Å². The van der Waals surface area contributed by atoms with Crippen molar-refractivity contribution < 1.29 is 18.0 Å². The van der Waals surface area contributed by atoms with Crippen LogP contribution in [-0.2, 0) is 6.18 Å². The molecule has 4 nitrogen and oxygen atoms in total. The number of carbonyl (C=O) groups is 1. The molecule has 2 amide bonds. The average molecular weight is 529 g/mol. The van der Waals surface area contributed by atoms with Gasteiger partial charge in [-0.25, -0.2) is 4.79 Å². The normalized spacial score (nSPS) is 16.5. The van der Waals surface area contributed by atoms with Gasteiger partial charge in [0.05, 0.1) is 28.0 Å². The van der Waals surface area contributed by atoms with Crippen LogP contribution < -0.4 is 10.2 Å². The fraction of sp³-hybridized carbons (Fsp3) is 0.208. The maximum absolute atomic E-state index is 13.4. The number of halogens is 6. The monoisotopic (exact) mass is 527 g/mol. The summed E-state index contributed by atoms with van der Waals surface area (Å²) in [4.78, 5) is 16.5. The van der Waals surface area contributed by atoms with E-state index in [2.05, 4.69) is 10.2 Å². The molecule has 0 saturated carbocycles. The molecule has 1 aliphatic heterocycles. The first-order valence-electron chi connectivity index (χ1n) is 10.3. The fourth-order valence-corrected chi connectivity index (χ4v) is 4.62. The van der Waals surface area contributed by atoms with Gasteiger partial charge in [0.15, 0.2) is 0 Å². The Balaban J connectivity index is 1.61. The second-order valence-corrected chi connectivity index (χ2v) is 9.06. The summed E-state index contributed by atoms with van der Waals surface area (Å²) in [5, 5.41) is 3.95. The van der Waals surface area contributed by atoms with Crippen molar-refractivity contribution in [2.24, 2.45) is 0 Å². The van der Waals surface area contributed by atoms with Gasteiger partial charge in [-0.15, -0.1) is 0 Å². The highest BCUT2D eigenvalue weighted by Gasteiger charge is 2.35. The third-order valence-corrected chi connectivity index (χ3v) is 6.41. The molecule has 3 aromatic rings. The van der Waals surface area contributed by atoms with Gasteiger partial charge in [0.25, 0.3) is 0 Å². The van der Waals surface area contributed by atoms with Crippen LogP contribution in [0.2, 0.25) is 15.1 Å². The van der Waals surface area contributed by atoms with E-state index in [9.17, 15) is 18.0 Å². The second-order valence-electron chi connectivity index (χ2n) is 7.78. The van der Waals surface area contributed by atoms with Crippen molar-refractivity contribution in [3.05, 3.63) is 92.9 Å². The van der Waals surface area contributed by atoms with Crippen LogP contribution in [0.15, 0.2) is 66.7 Å². The van der Waals surface area contributed by atoms with Crippen LogP contribution in [-0.4, -0.2) is 30.6 Å². The Kier molecular flexibility index (Phi) is 7.17. The predicted octanol–water partition coefficient (Wildman–Crippen LogP) is 7.76. The first-order chi connectivity index (χ1) is 16.1. The molecule has 178 valence electrons. The fourth-order valence-electron chi connectivity index (χ4n) is 3.97. The summed E-state index contributed by atoms with van der Waals surface area (Å²) in [6.45, 7) is 0.909. The first-order valence-corrected chi connectivity index (χ1v) is 11.5. The van der Waals surface area contributed by atoms with Crippen molar-refractivity contribution in [2.75, 3.05) is 29.9 Å². The molecule has 0 aliphatic carbocycles. The SMILES string of the molecule is O=C(Nc1ccccc1C(F)(F)F)N1CCN(c2ccc(Cl)cc2Cl)C(c2ccc(Cl)cc2)C1. The molecule has 1 fully saturated rings. The van der Waals surface area contributed by atoms with E-state index < -0.39 is 17.8 Å². The zero-order valence-electron chi connectivity index (χ0n) is 17.6. The van der Waals surface area contributed by atoms with Gasteiger partial charge in [0.2, 0.25) is 0 Å². The smallest absolute Gasteiger partial charge is 0.360 e. The highest BCUT2D eigenvalue weighted by molar-refractivity contribution is 6.36. The van der Waals surface area contributed by atoms with Crippen LogP contribution in [0.5, 0.6) is 0 Å². The largest absolute Gasteiger partial charge is 0.418 e. The molecule has 1 aliphatic rings. The molecule has 0 aromatic heterocycles. The zero-order chi connectivity index (χ0) is 24.5. The van der Waals surface area contributed by atoms with E-state index >= 15 is 0 Å². The second kappa shape index (κ2) is 9.94. The van der Waals surface area contributed by atoms with Crippen molar-refractivity contribution in [2.45, 2.75) is 12.2 Å². The summed E-state index contributed by atoms with van der Waals surface area (Å²) in [7, 11) is 0. The standard InChI is InChI=1S/C24H19Cl3F3N3O/c25-16-7-5-15(6-8-16)22-14-32(11-12-33(22)21-10-9-17(26)13-19(21)27)23(34)31-20-4-2-1-3-18(20)24(28,29)30/h1-10,13,22H,11-12,14H2,(H,31,34). The molecule has 0 spiro atoms. The number of alkyl halides is 3. The van der Waals surface area contributed by atoms with E-state index in [1.165, 1.54) is 23.1 Å². The summed E-state index contributed by atoms with van der Waals surface area (Å²) >= 11 is 18.6. The van der Waals surface area contributed by atoms with E-state index in [4.69, 9.17) is 34.8 Å². The summed E-state index contributed by atoms with van der Waals surface area (Å²) in [6.07, 6.45) is -4.58. The van der Waals surface area contributed by atoms with Crippen LogP contribution in [0.25, 0.3) is 0 Å². The molecule has 1 saturated heterocycles. The Labute approximate surface area is 209 Å².